The minimum atomic E-state index is -0.148. The zero-order valence-corrected chi connectivity index (χ0v) is 21.9. The van der Waals surface area contributed by atoms with Gasteiger partial charge in [-0.15, -0.1) is 0 Å². The monoisotopic (exact) mass is 480 g/mol. The van der Waals surface area contributed by atoms with E-state index < -0.39 is 0 Å². The van der Waals surface area contributed by atoms with Gasteiger partial charge < -0.3 is 10.4 Å². The third kappa shape index (κ3) is 7.54. The number of aromatic nitrogens is 1. The van der Waals surface area contributed by atoms with E-state index in [9.17, 15) is 9.90 Å². The number of hydrogen-bond acceptors (Lipinski definition) is 3. The quantitative estimate of drug-likeness (QED) is 0.309. The summed E-state index contributed by atoms with van der Waals surface area (Å²) >= 11 is 0. The van der Waals surface area contributed by atoms with Crippen molar-refractivity contribution in [3.8, 4) is 5.75 Å². The Morgan fingerprint density at radius 3 is 2.56 bits per heavy atom. The number of carbonyl (C=O) groups excluding carboxylic acids is 1. The normalized spacial score (nSPS) is 16.5. The van der Waals surface area contributed by atoms with Crippen LogP contribution in [0.2, 0.25) is 0 Å². The minimum Gasteiger partial charge on any atom is -0.508 e. The molecule has 0 aliphatic heterocycles. The number of aromatic hydroxyl groups is 1. The number of phenolic OH excluding ortho intramolecular Hbond substituents is 1. The molecule has 0 unspecified atom stereocenters. The van der Waals surface area contributed by atoms with Crippen LogP contribution in [-0.2, 0) is 11.3 Å². The summed E-state index contributed by atoms with van der Waals surface area (Å²) in [5, 5.41) is 12.2. The van der Waals surface area contributed by atoms with Gasteiger partial charge in [0.15, 0.2) is 0 Å². The second-order valence-corrected chi connectivity index (χ2v) is 9.86. The van der Waals surface area contributed by atoms with Crippen LogP contribution in [-0.4, -0.2) is 16.0 Å². The van der Waals surface area contributed by atoms with E-state index in [1.54, 1.807) is 36.5 Å². The van der Waals surface area contributed by atoms with Gasteiger partial charge in [-0.2, -0.15) is 0 Å². The molecule has 36 heavy (non-hydrogen) atoms. The van der Waals surface area contributed by atoms with Gasteiger partial charge in [-0.1, -0.05) is 74.1 Å². The first-order valence-corrected chi connectivity index (χ1v) is 12.2. The molecule has 186 valence electrons. The number of benzene rings is 1. The second kappa shape index (κ2) is 12.2. The Kier molecular flexibility index (Phi) is 9.02. The van der Waals surface area contributed by atoms with Crippen molar-refractivity contribution in [2.45, 2.75) is 47.6 Å². The molecule has 4 heteroatoms. The van der Waals surface area contributed by atoms with Gasteiger partial charge in [-0.25, -0.2) is 0 Å². The summed E-state index contributed by atoms with van der Waals surface area (Å²) in [6.45, 7) is 11.2. The number of hydrogen-bond donors (Lipinski definition) is 2. The van der Waals surface area contributed by atoms with E-state index in [1.807, 2.05) is 37.4 Å². The molecule has 1 heterocycles. The lowest BCUT2D eigenvalue weighted by molar-refractivity contribution is -0.116. The van der Waals surface area contributed by atoms with Crippen LogP contribution in [0.3, 0.4) is 0 Å². The molecule has 0 saturated heterocycles. The fourth-order valence-corrected chi connectivity index (χ4v) is 4.21. The molecule has 2 N–H and O–H groups in total. The number of rotatable bonds is 8. The molecular weight excluding hydrogens is 444 g/mol. The topological polar surface area (TPSA) is 62.2 Å². The zero-order chi connectivity index (χ0) is 26.1. The Bertz CT molecular complexity index is 1250. The van der Waals surface area contributed by atoms with Crippen LogP contribution >= 0.6 is 0 Å². The summed E-state index contributed by atoms with van der Waals surface area (Å²) in [5.41, 5.74) is 8.03. The Balaban J connectivity index is 1.63. The maximum atomic E-state index is 12.2. The summed E-state index contributed by atoms with van der Waals surface area (Å²) in [7, 11) is 0. The van der Waals surface area contributed by atoms with Gasteiger partial charge in [0, 0.05) is 25.0 Å². The molecule has 1 aromatic heterocycles. The molecule has 1 aliphatic rings. The summed E-state index contributed by atoms with van der Waals surface area (Å²) in [6, 6.07) is 10.9. The second-order valence-electron chi connectivity index (χ2n) is 9.86. The van der Waals surface area contributed by atoms with Crippen molar-refractivity contribution in [2.75, 3.05) is 0 Å². The van der Waals surface area contributed by atoms with Crippen LogP contribution in [0.5, 0.6) is 5.75 Å². The molecule has 0 bridgehead atoms. The summed E-state index contributed by atoms with van der Waals surface area (Å²) in [6.07, 6.45) is 18.9. The first-order valence-electron chi connectivity index (χ1n) is 12.2. The van der Waals surface area contributed by atoms with Crippen molar-refractivity contribution in [2.24, 2.45) is 5.41 Å². The van der Waals surface area contributed by atoms with Gasteiger partial charge in [0.2, 0.25) is 5.91 Å². The number of nitrogens with zero attached hydrogens (tertiary/aromatic N) is 1. The van der Waals surface area contributed by atoms with Gasteiger partial charge in [-0.05, 0) is 84.2 Å². The van der Waals surface area contributed by atoms with Crippen LogP contribution < -0.4 is 5.32 Å². The Morgan fingerprint density at radius 2 is 1.86 bits per heavy atom. The van der Waals surface area contributed by atoms with Crippen molar-refractivity contribution in [3.63, 3.8) is 0 Å². The molecule has 0 radical (unpaired) electrons. The maximum Gasteiger partial charge on any atom is 0.244 e. The van der Waals surface area contributed by atoms with Gasteiger partial charge >= 0.3 is 0 Å². The first kappa shape index (κ1) is 26.7. The molecule has 0 fully saturated rings. The Hall–Kier alpha value is -3.92. The standard InChI is InChI=1S/C32H36N2O2/c1-23(8-6-9-24(2)20-31(36)34-21-26-12-14-28(35)15-13-26)11-16-30-25(3)29(17-18-32(30,4)5)27-10-7-19-33-22-27/h6-17,19-20,22,35H,18,21H2,1-5H3,(H,34,36). The van der Waals surface area contributed by atoms with Gasteiger partial charge in [0.1, 0.15) is 5.75 Å². The number of pyridine rings is 1. The predicted molar refractivity (Wildman–Crippen MR) is 149 cm³/mol. The Morgan fingerprint density at radius 1 is 1.11 bits per heavy atom. The average Bonchev–Trinajstić information content (AvgIpc) is 2.84. The lowest BCUT2D eigenvalue weighted by Crippen LogP contribution is -2.20. The van der Waals surface area contributed by atoms with Gasteiger partial charge in [-0.3, -0.25) is 9.78 Å². The van der Waals surface area contributed by atoms with Crippen LogP contribution in [0.15, 0.2) is 114 Å². The van der Waals surface area contributed by atoms with Gasteiger partial charge in [0.05, 0.1) is 0 Å². The van der Waals surface area contributed by atoms with Crippen molar-refractivity contribution >= 4 is 11.5 Å². The summed E-state index contributed by atoms with van der Waals surface area (Å²) in [4.78, 5) is 16.5. The van der Waals surface area contributed by atoms with E-state index >= 15 is 0 Å². The number of carbonyl (C=O) groups is 1. The predicted octanol–water partition coefficient (Wildman–Crippen LogP) is 7.24. The molecule has 3 rings (SSSR count). The number of nitrogens with one attached hydrogen (secondary N) is 1. The number of phenols is 1. The lowest BCUT2D eigenvalue weighted by Gasteiger charge is -2.32. The van der Waals surface area contributed by atoms with Crippen LogP contribution in [0.1, 0.15) is 52.2 Å². The molecular formula is C32H36N2O2. The van der Waals surface area contributed by atoms with E-state index in [-0.39, 0.29) is 17.1 Å². The fourth-order valence-electron chi connectivity index (χ4n) is 4.21. The van der Waals surface area contributed by atoms with E-state index in [1.165, 1.54) is 16.7 Å². The minimum absolute atomic E-state index is 0.0647. The van der Waals surface area contributed by atoms with Crippen molar-refractivity contribution in [3.05, 3.63) is 125 Å². The molecule has 4 nitrogen and oxygen atoms in total. The third-order valence-electron chi connectivity index (χ3n) is 6.32. The highest BCUT2D eigenvalue weighted by Crippen LogP contribution is 2.43. The highest BCUT2D eigenvalue weighted by molar-refractivity contribution is 5.88. The first-order chi connectivity index (χ1) is 17.2. The maximum absolute atomic E-state index is 12.2. The molecule has 0 spiro atoms. The molecule has 0 saturated carbocycles. The highest BCUT2D eigenvalue weighted by atomic mass is 16.3. The summed E-state index contributed by atoms with van der Waals surface area (Å²) < 4.78 is 0. The summed E-state index contributed by atoms with van der Waals surface area (Å²) in [5.74, 6) is 0.0648. The lowest BCUT2D eigenvalue weighted by atomic mass is 9.72. The molecule has 2 aromatic rings. The Labute approximate surface area is 215 Å². The zero-order valence-electron chi connectivity index (χ0n) is 21.9. The fraction of sp³-hybridized carbons (Fsp3) is 0.250. The molecule has 1 aliphatic carbocycles. The smallest absolute Gasteiger partial charge is 0.244 e. The number of allylic oxidation sites excluding steroid dienone is 11. The van der Waals surface area contributed by atoms with Crippen molar-refractivity contribution in [1.29, 1.82) is 0 Å². The largest absolute Gasteiger partial charge is 0.508 e. The van der Waals surface area contributed by atoms with Crippen LogP contribution in [0.4, 0.5) is 0 Å². The molecule has 1 aromatic carbocycles. The van der Waals surface area contributed by atoms with E-state index in [4.69, 9.17) is 0 Å². The van der Waals surface area contributed by atoms with E-state index in [2.05, 4.69) is 62.3 Å². The SMILES string of the molecule is CC(C=CC1=C(C)C(c2cccnc2)=CCC1(C)C)=CC=CC(C)=CC(=O)NCc1ccc(O)cc1. The highest BCUT2D eigenvalue weighted by Gasteiger charge is 2.27. The van der Waals surface area contributed by atoms with E-state index in [0.29, 0.717) is 6.54 Å². The third-order valence-corrected chi connectivity index (χ3v) is 6.32. The van der Waals surface area contributed by atoms with Crippen molar-refractivity contribution < 1.29 is 9.90 Å². The number of amides is 1. The van der Waals surface area contributed by atoms with Crippen LogP contribution in [0, 0.1) is 5.41 Å². The average molecular weight is 481 g/mol. The van der Waals surface area contributed by atoms with Crippen molar-refractivity contribution in [1.82, 2.24) is 10.3 Å². The van der Waals surface area contributed by atoms with E-state index in [0.717, 1.165) is 28.7 Å². The molecule has 0 atom stereocenters. The van der Waals surface area contributed by atoms with Crippen LogP contribution in [0.25, 0.3) is 5.57 Å². The molecule has 1 amide bonds. The van der Waals surface area contributed by atoms with Gasteiger partial charge in [0.25, 0.3) is 0 Å².